The predicted octanol–water partition coefficient (Wildman–Crippen LogP) is 3.48. The second-order valence-electron chi connectivity index (χ2n) is 5.20. The first-order chi connectivity index (χ1) is 10.3. The van der Waals surface area contributed by atoms with Gasteiger partial charge in [-0.3, -0.25) is 4.79 Å². The molecule has 4 rings (SSSR count). The number of pyridine rings is 1. The highest BCUT2D eigenvalue weighted by atomic mass is 16.1. The number of fused-ring (bicyclic) bond motifs is 2. The standard InChI is InChI=1S/C18H14N2O/c1-19-15-8-4-3-7-14(15)12-17(18(19)21)20-11-10-13-6-2-5-9-16(13)20/h2-12H,1H3. The maximum Gasteiger partial charge on any atom is 0.275 e. The molecule has 0 fully saturated rings. The molecule has 0 N–H and O–H groups in total. The van der Waals surface area contributed by atoms with E-state index in [0.717, 1.165) is 21.8 Å². The maximum absolute atomic E-state index is 12.7. The van der Waals surface area contributed by atoms with Crippen LogP contribution in [0.1, 0.15) is 0 Å². The molecule has 0 aliphatic rings. The van der Waals surface area contributed by atoms with E-state index in [1.165, 1.54) is 0 Å². The first-order valence-corrected chi connectivity index (χ1v) is 6.91. The van der Waals surface area contributed by atoms with Gasteiger partial charge in [-0.05, 0) is 29.7 Å². The van der Waals surface area contributed by atoms with Crippen molar-refractivity contribution in [3.8, 4) is 5.69 Å². The number of rotatable bonds is 1. The summed E-state index contributed by atoms with van der Waals surface area (Å²) >= 11 is 0. The minimum atomic E-state index is 0.00931. The molecule has 4 aromatic rings. The van der Waals surface area contributed by atoms with Gasteiger partial charge in [0.25, 0.3) is 5.56 Å². The van der Waals surface area contributed by atoms with Crippen molar-refractivity contribution in [2.24, 2.45) is 7.05 Å². The highest BCUT2D eigenvalue weighted by molar-refractivity contribution is 5.84. The monoisotopic (exact) mass is 274 g/mol. The molecule has 0 saturated carbocycles. The Kier molecular flexibility index (Phi) is 2.48. The van der Waals surface area contributed by atoms with Crippen LogP contribution in [0.25, 0.3) is 27.5 Å². The van der Waals surface area contributed by atoms with Crippen molar-refractivity contribution < 1.29 is 0 Å². The summed E-state index contributed by atoms with van der Waals surface area (Å²) in [7, 11) is 1.82. The molecule has 0 unspecified atom stereocenters. The van der Waals surface area contributed by atoms with Gasteiger partial charge in [-0.25, -0.2) is 0 Å². The van der Waals surface area contributed by atoms with Crippen molar-refractivity contribution in [3.05, 3.63) is 77.2 Å². The highest BCUT2D eigenvalue weighted by Crippen LogP contribution is 2.20. The second-order valence-corrected chi connectivity index (χ2v) is 5.20. The zero-order valence-electron chi connectivity index (χ0n) is 11.7. The Balaban J connectivity index is 2.11. The lowest BCUT2D eigenvalue weighted by Gasteiger charge is -2.10. The lowest BCUT2D eigenvalue weighted by atomic mass is 10.2. The summed E-state index contributed by atoms with van der Waals surface area (Å²) in [4.78, 5) is 12.7. The van der Waals surface area contributed by atoms with Crippen LogP contribution in [0, 0.1) is 0 Å². The van der Waals surface area contributed by atoms with E-state index in [0.29, 0.717) is 5.69 Å². The maximum atomic E-state index is 12.7. The van der Waals surface area contributed by atoms with Crippen LogP contribution in [0.2, 0.25) is 0 Å². The van der Waals surface area contributed by atoms with Crippen LogP contribution in [0.15, 0.2) is 71.7 Å². The van der Waals surface area contributed by atoms with Crippen LogP contribution >= 0.6 is 0 Å². The average molecular weight is 274 g/mol. The quantitative estimate of drug-likeness (QED) is 0.522. The molecule has 0 aliphatic carbocycles. The third-order valence-corrected chi connectivity index (χ3v) is 3.97. The van der Waals surface area contributed by atoms with Gasteiger partial charge in [0.2, 0.25) is 0 Å². The van der Waals surface area contributed by atoms with E-state index in [2.05, 4.69) is 6.07 Å². The van der Waals surface area contributed by atoms with Gasteiger partial charge in [-0.1, -0.05) is 36.4 Å². The molecule has 0 amide bonds. The molecule has 0 aliphatic heterocycles. The zero-order chi connectivity index (χ0) is 14.4. The summed E-state index contributed by atoms with van der Waals surface area (Å²) in [5.41, 5.74) is 2.68. The fourth-order valence-corrected chi connectivity index (χ4v) is 2.87. The van der Waals surface area contributed by atoms with Gasteiger partial charge >= 0.3 is 0 Å². The Bertz CT molecular complexity index is 1020. The number of aryl methyl sites for hydroxylation is 1. The largest absolute Gasteiger partial charge is 0.312 e. The molecule has 2 aromatic carbocycles. The minimum absolute atomic E-state index is 0.00931. The van der Waals surface area contributed by atoms with Crippen molar-refractivity contribution in [1.82, 2.24) is 9.13 Å². The smallest absolute Gasteiger partial charge is 0.275 e. The van der Waals surface area contributed by atoms with E-state index in [1.54, 1.807) is 4.57 Å². The molecule has 21 heavy (non-hydrogen) atoms. The van der Waals surface area contributed by atoms with Crippen molar-refractivity contribution in [3.63, 3.8) is 0 Å². The topological polar surface area (TPSA) is 26.9 Å². The SMILES string of the molecule is Cn1c(=O)c(-n2ccc3ccccc32)cc2ccccc21. The van der Waals surface area contributed by atoms with Crippen LogP contribution in [0.4, 0.5) is 0 Å². The fourth-order valence-electron chi connectivity index (χ4n) is 2.87. The Labute approximate surface area is 121 Å². The van der Waals surface area contributed by atoms with Gasteiger partial charge in [-0.15, -0.1) is 0 Å². The average Bonchev–Trinajstić information content (AvgIpc) is 2.95. The van der Waals surface area contributed by atoms with E-state index in [9.17, 15) is 4.79 Å². The molecule has 0 radical (unpaired) electrons. The van der Waals surface area contributed by atoms with Gasteiger partial charge in [0.15, 0.2) is 0 Å². The Morgan fingerprint density at radius 3 is 2.29 bits per heavy atom. The van der Waals surface area contributed by atoms with E-state index in [1.807, 2.05) is 72.4 Å². The third kappa shape index (κ3) is 1.71. The lowest BCUT2D eigenvalue weighted by Crippen LogP contribution is -2.21. The summed E-state index contributed by atoms with van der Waals surface area (Å²) < 4.78 is 3.67. The molecular weight excluding hydrogens is 260 g/mol. The van der Waals surface area contributed by atoms with Crippen LogP contribution in [0.3, 0.4) is 0 Å². The highest BCUT2D eigenvalue weighted by Gasteiger charge is 2.10. The first kappa shape index (κ1) is 12.0. The molecule has 0 atom stereocenters. The molecule has 0 bridgehead atoms. The molecule has 3 heteroatoms. The van der Waals surface area contributed by atoms with E-state index in [-0.39, 0.29) is 5.56 Å². The van der Waals surface area contributed by atoms with Crippen LogP contribution in [-0.2, 0) is 7.05 Å². The van der Waals surface area contributed by atoms with Gasteiger partial charge in [-0.2, -0.15) is 0 Å². The minimum Gasteiger partial charge on any atom is -0.312 e. The van der Waals surface area contributed by atoms with Crippen molar-refractivity contribution in [1.29, 1.82) is 0 Å². The Morgan fingerprint density at radius 2 is 1.48 bits per heavy atom. The normalized spacial score (nSPS) is 11.3. The number of aromatic nitrogens is 2. The molecular formula is C18H14N2O. The summed E-state index contributed by atoms with van der Waals surface area (Å²) in [6.45, 7) is 0. The number of para-hydroxylation sites is 2. The van der Waals surface area contributed by atoms with Crippen molar-refractivity contribution in [2.75, 3.05) is 0 Å². The Morgan fingerprint density at radius 1 is 0.810 bits per heavy atom. The Hall–Kier alpha value is -2.81. The van der Waals surface area contributed by atoms with Gasteiger partial charge in [0.05, 0.1) is 11.0 Å². The number of nitrogens with zero attached hydrogens (tertiary/aromatic N) is 2. The number of benzene rings is 2. The van der Waals surface area contributed by atoms with Crippen LogP contribution in [-0.4, -0.2) is 9.13 Å². The molecule has 2 aromatic heterocycles. The van der Waals surface area contributed by atoms with E-state index in [4.69, 9.17) is 0 Å². The van der Waals surface area contributed by atoms with Crippen molar-refractivity contribution in [2.45, 2.75) is 0 Å². The van der Waals surface area contributed by atoms with Gasteiger partial charge < -0.3 is 9.13 Å². The van der Waals surface area contributed by atoms with Gasteiger partial charge in [0.1, 0.15) is 5.69 Å². The van der Waals surface area contributed by atoms with Gasteiger partial charge in [0, 0.05) is 18.6 Å². The predicted molar refractivity (Wildman–Crippen MR) is 86.0 cm³/mol. The molecule has 102 valence electrons. The number of hydrogen-bond donors (Lipinski definition) is 0. The summed E-state index contributed by atoms with van der Waals surface area (Å²) in [5.74, 6) is 0. The molecule has 2 heterocycles. The first-order valence-electron chi connectivity index (χ1n) is 6.91. The van der Waals surface area contributed by atoms with E-state index >= 15 is 0 Å². The molecule has 0 spiro atoms. The van der Waals surface area contributed by atoms with Crippen LogP contribution < -0.4 is 5.56 Å². The zero-order valence-corrected chi connectivity index (χ0v) is 11.7. The summed E-state index contributed by atoms with van der Waals surface area (Å²) in [6, 6.07) is 20.0. The molecule has 3 nitrogen and oxygen atoms in total. The fraction of sp³-hybridized carbons (Fsp3) is 0.0556. The second kappa shape index (κ2) is 4.35. The van der Waals surface area contributed by atoms with Crippen molar-refractivity contribution >= 4 is 21.8 Å². The summed E-state index contributed by atoms with van der Waals surface area (Å²) in [6.07, 6.45) is 1.95. The third-order valence-electron chi connectivity index (χ3n) is 3.97. The lowest BCUT2D eigenvalue weighted by molar-refractivity contribution is 0.884. The molecule has 0 saturated heterocycles. The summed E-state index contributed by atoms with van der Waals surface area (Å²) in [5, 5.41) is 2.19. The number of hydrogen-bond acceptors (Lipinski definition) is 1. The van der Waals surface area contributed by atoms with Crippen LogP contribution in [0.5, 0.6) is 0 Å². The van der Waals surface area contributed by atoms with E-state index < -0.39 is 0 Å².